The largest absolute Gasteiger partial charge is 0.497 e. The average Bonchev–Trinajstić information content (AvgIpc) is 3.50. The van der Waals surface area contributed by atoms with Crippen molar-refractivity contribution in [3.8, 4) is 11.5 Å². The molecule has 0 spiro atoms. The number of hydrogen-bond acceptors (Lipinski definition) is 11. The Hall–Kier alpha value is -4.28. The normalized spacial score (nSPS) is 14.6. The molecule has 0 saturated heterocycles. The maximum atomic E-state index is 15.9. The lowest BCUT2D eigenvalue weighted by molar-refractivity contribution is -0.112. The Bertz CT molecular complexity index is 1780. The number of anilines is 2. The molecule has 1 aliphatic rings. The van der Waals surface area contributed by atoms with Crippen LogP contribution in [0.3, 0.4) is 0 Å². The number of halogens is 3. The second-order valence-corrected chi connectivity index (χ2v) is 13.7. The molecule has 0 aliphatic heterocycles. The number of ether oxygens (including phenoxy) is 3. The molecule has 1 aromatic heterocycles. The van der Waals surface area contributed by atoms with Crippen LogP contribution in [0.25, 0.3) is 0 Å². The number of carbonyl (C=O) groups excluding carboxylic acids is 2. The number of rotatable bonds is 10. The number of nitrogens with zero attached hydrogens (tertiary/aromatic N) is 3. The molecular weight excluding hydrogens is 656 g/mol. The van der Waals surface area contributed by atoms with Crippen LogP contribution in [0, 0.1) is 0 Å². The van der Waals surface area contributed by atoms with Crippen LogP contribution in [0.5, 0.6) is 11.5 Å². The van der Waals surface area contributed by atoms with Gasteiger partial charge in [0.1, 0.15) is 29.1 Å². The molecule has 0 atom stereocenters. The number of allylic oxidation sites excluding steroid dienone is 2. The summed E-state index contributed by atoms with van der Waals surface area (Å²) in [5.41, 5.74) is -2.28. The Morgan fingerprint density at radius 1 is 1.11 bits per heavy atom. The molecule has 0 unspecified atom stereocenters. The Balaban J connectivity index is 1.72. The minimum atomic E-state index is -4.74. The SMILES string of the molecule is COc1ccc(CN(C2=CC(=O)C(Nc3ccc(Cl)cc3NC(=O)OC(C)(C)C)=CC2(F)F)S(=O)(=O)c2ncns2)c(OC)c1. The highest BCUT2D eigenvalue weighted by atomic mass is 35.5. The molecule has 2 N–H and O–H groups in total. The fraction of sp³-hybridized carbons (Fsp3) is 0.286. The first-order valence-corrected chi connectivity index (χ1v) is 15.6. The highest BCUT2D eigenvalue weighted by molar-refractivity contribution is 7.91. The van der Waals surface area contributed by atoms with Crippen LogP contribution in [0.1, 0.15) is 26.3 Å². The molecule has 0 saturated carbocycles. The predicted molar refractivity (Wildman–Crippen MR) is 163 cm³/mol. The summed E-state index contributed by atoms with van der Waals surface area (Å²) < 4.78 is 78.4. The van der Waals surface area contributed by atoms with Crippen LogP contribution in [0.2, 0.25) is 5.02 Å². The van der Waals surface area contributed by atoms with E-state index in [2.05, 4.69) is 20.0 Å². The highest BCUT2D eigenvalue weighted by Crippen LogP contribution is 2.40. The number of alkyl halides is 2. The summed E-state index contributed by atoms with van der Waals surface area (Å²) in [4.78, 5) is 29.4. The molecule has 3 aromatic rings. The molecule has 12 nitrogen and oxygen atoms in total. The van der Waals surface area contributed by atoms with E-state index < -0.39 is 55.7 Å². The molecule has 0 fully saturated rings. The van der Waals surface area contributed by atoms with Crippen molar-refractivity contribution in [3.05, 3.63) is 76.9 Å². The van der Waals surface area contributed by atoms with Gasteiger partial charge in [0.25, 0.3) is 10.0 Å². The second-order valence-electron chi connectivity index (χ2n) is 10.4. The molecule has 4 rings (SSSR count). The lowest BCUT2D eigenvalue weighted by Crippen LogP contribution is -2.40. The fourth-order valence-electron chi connectivity index (χ4n) is 4.06. The highest BCUT2D eigenvalue weighted by Gasteiger charge is 2.46. The van der Waals surface area contributed by atoms with E-state index in [9.17, 15) is 18.0 Å². The van der Waals surface area contributed by atoms with Gasteiger partial charge in [0.2, 0.25) is 10.1 Å². The van der Waals surface area contributed by atoms with E-state index in [-0.39, 0.29) is 27.7 Å². The minimum absolute atomic E-state index is 0.0376. The zero-order chi connectivity index (χ0) is 33.2. The average molecular weight is 684 g/mol. The maximum Gasteiger partial charge on any atom is 0.412 e. The summed E-state index contributed by atoms with van der Waals surface area (Å²) in [6.07, 6.45) is 0.938. The van der Waals surface area contributed by atoms with Crippen molar-refractivity contribution >= 4 is 56.4 Å². The van der Waals surface area contributed by atoms with E-state index in [1.165, 1.54) is 50.6 Å². The van der Waals surface area contributed by atoms with E-state index in [1.54, 1.807) is 20.8 Å². The smallest absolute Gasteiger partial charge is 0.412 e. The molecular formula is C28H28ClF2N5O7S2. The van der Waals surface area contributed by atoms with Crippen molar-refractivity contribution < 1.29 is 41.0 Å². The Kier molecular flexibility index (Phi) is 9.70. The predicted octanol–water partition coefficient (Wildman–Crippen LogP) is 5.84. The van der Waals surface area contributed by atoms with Gasteiger partial charge in [-0.05, 0) is 62.6 Å². The van der Waals surface area contributed by atoms with Gasteiger partial charge in [-0.2, -0.15) is 21.6 Å². The van der Waals surface area contributed by atoms with Crippen molar-refractivity contribution in [2.75, 3.05) is 24.9 Å². The number of benzene rings is 2. The van der Waals surface area contributed by atoms with Crippen LogP contribution in [0.4, 0.5) is 25.0 Å². The zero-order valence-electron chi connectivity index (χ0n) is 24.6. The van der Waals surface area contributed by atoms with E-state index in [1.807, 2.05) is 0 Å². The number of nitrogens with one attached hydrogen (secondary N) is 2. The van der Waals surface area contributed by atoms with Gasteiger partial charge in [-0.1, -0.05) is 11.6 Å². The fourth-order valence-corrected chi connectivity index (χ4v) is 6.39. The van der Waals surface area contributed by atoms with Gasteiger partial charge < -0.3 is 19.5 Å². The van der Waals surface area contributed by atoms with Crippen molar-refractivity contribution in [3.63, 3.8) is 0 Å². The summed E-state index contributed by atoms with van der Waals surface area (Å²) >= 11 is 6.56. The van der Waals surface area contributed by atoms with Crippen molar-refractivity contribution in [2.45, 2.75) is 43.2 Å². The molecule has 1 heterocycles. The number of ketones is 1. The number of methoxy groups -OCH3 is 2. The van der Waals surface area contributed by atoms with Gasteiger partial charge >= 0.3 is 12.0 Å². The standard InChI is InChI=1S/C28H28ClF2N5O7S2/c1-27(2,3)43-25(38)35-20-10-17(29)7-9-19(20)34-21-13-28(30,31)24(12-22(21)37)36(45(39,40)26-32-15-33-44-26)14-16-6-8-18(41-4)11-23(16)42-5/h6-13,15,34H,14H2,1-5H3,(H,35,38). The minimum Gasteiger partial charge on any atom is -0.497 e. The maximum absolute atomic E-state index is 15.9. The molecule has 0 bridgehead atoms. The summed E-state index contributed by atoms with van der Waals surface area (Å²) in [6, 6.07) is 8.52. The quantitative estimate of drug-likeness (QED) is 0.267. The molecule has 45 heavy (non-hydrogen) atoms. The summed E-state index contributed by atoms with van der Waals surface area (Å²) in [6.45, 7) is 4.31. The van der Waals surface area contributed by atoms with E-state index in [0.717, 1.165) is 6.33 Å². The van der Waals surface area contributed by atoms with Crippen LogP contribution in [-0.4, -0.2) is 59.7 Å². The van der Waals surface area contributed by atoms with Gasteiger partial charge in [-0.15, -0.1) is 0 Å². The Labute approximate surface area is 266 Å². The lowest BCUT2D eigenvalue weighted by atomic mass is 10.0. The number of carbonyl (C=O) groups is 2. The summed E-state index contributed by atoms with van der Waals surface area (Å²) in [5.74, 6) is -4.44. The third-order valence-corrected chi connectivity index (χ3v) is 9.02. The molecule has 240 valence electrons. The zero-order valence-corrected chi connectivity index (χ0v) is 26.9. The van der Waals surface area contributed by atoms with Gasteiger partial charge in [0.15, 0.2) is 0 Å². The van der Waals surface area contributed by atoms with Gasteiger partial charge in [0.05, 0.1) is 37.8 Å². The van der Waals surface area contributed by atoms with Crippen LogP contribution < -0.4 is 20.1 Å². The number of sulfonamides is 1. The van der Waals surface area contributed by atoms with Gasteiger partial charge in [0, 0.05) is 28.8 Å². The van der Waals surface area contributed by atoms with Crippen LogP contribution in [-0.2, 0) is 26.1 Å². The first kappa shape index (κ1) is 33.6. The van der Waals surface area contributed by atoms with Gasteiger partial charge in [-0.25, -0.2) is 9.78 Å². The van der Waals surface area contributed by atoms with Crippen molar-refractivity contribution in [2.24, 2.45) is 0 Å². The number of hydrogen-bond donors (Lipinski definition) is 2. The monoisotopic (exact) mass is 683 g/mol. The van der Waals surface area contributed by atoms with E-state index in [4.69, 9.17) is 25.8 Å². The van der Waals surface area contributed by atoms with Crippen molar-refractivity contribution in [1.82, 2.24) is 13.7 Å². The van der Waals surface area contributed by atoms with Gasteiger partial charge in [-0.3, -0.25) is 14.4 Å². The summed E-state index contributed by atoms with van der Waals surface area (Å²) in [7, 11) is -2.00. The second kappa shape index (κ2) is 13.0. The molecule has 17 heteroatoms. The van der Waals surface area contributed by atoms with Crippen LogP contribution in [0.15, 0.2) is 70.6 Å². The topological polar surface area (TPSA) is 149 Å². The number of amides is 1. The third kappa shape index (κ3) is 7.87. The first-order valence-electron chi connectivity index (χ1n) is 13.0. The van der Waals surface area contributed by atoms with Crippen molar-refractivity contribution in [1.29, 1.82) is 0 Å². The lowest BCUT2D eigenvalue weighted by Gasteiger charge is -2.32. The Morgan fingerprint density at radius 3 is 2.47 bits per heavy atom. The summed E-state index contributed by atoms with van der Waals surface area (Å²) in [5, 5.41) is 5.27. The Morgan fingerprint density at radius 2 is 1.84 bits per heavy atom. The van der Waals surface area contributed by atoms with E-state index >= 15 is 8.78 Å². The third-order valence-electron chi connectivity index (χ3n) is 6.02. The van der Waals surface area contributed by atoms with E-state index in [0.29, 0.717) is 33.7 Å². The molecule has 1 amide bonds. The molecule has 1 aliphatic carbocycles. The van der Waals surface area contributed by atoms with Crippen LogP contribution >= 0.6 is 23.1 Å². The molecule has 2 aromatic carbocycles. The number of aromatic nitrogens is 2. The first-order chi connectivity index (χ1) is 21.0. The molecule has 0 radical (unpaired) electrons.